The van der Waals surface area contributed by atoms with Gasteiger partial charge in [0.1, 0.15) is 36.7 Å². The maximum absolute atomic E-state index is 16.7. The third-order valence-electron chi connectivity index (χ3n) is 20.9. The van der Waals surface area contributed by atoms with E-state index in [1.54, 1.807) is 102 Å². The van der Waals surface area contributed by atoms with Gasteiger partial charge in [-0.1, -0.05) is 94.4 Å². The van der Waals surface area contributed by atoms with Gasteiger partial charge in [0, 0.05) is 66.0 Å². The third kappa shape index (κ3) is 16.5. The van der Waals surface area contributed by atoms with Gasteiger partial charge in [-0.05, 0) is 136 Å². The molecule has 8 fully saturated rings. The minimum Gasteiger partial charge on any atom is -0.444 e. The van der Waals surface area contributed by atoms with Crippen molar-refractivity contribution in [1.29, 1.82) is 0 Å². The number of para-hydroxylation sites is 2. The summed E-state index contributed by atoms with van der Waals surface area (Å²) in [4.78, 5) is 138. The number of benzene rings is 4. The highest BCUT2D eigenvalue weighted by atomic mass is 33.1. The van der Waals surface area contributed by atoms with Gasteiger partial charge in [0.05, 0.1) is 98.1 Å². The minimum atomic E-state index is -4.94. The van der Waals surface area contributed by atoms with Gasteiger partial charge in [-0.3, -0.25) is 38.6 Å². The highest BCUT2D eigenvalue weighted by Gasteiger charge is 2.90. The van der Waals surface area contributed by atoms with E-state index >= 15 is 36.0 Å². The highest BCUT2D eigenvalue weighted by Crippen LogP contribution is 2.81. The van der Waals surface area contributed by atoms with Crippen LogP contribution < -0.4 is 29.9 Å². The molecule has 34 nitrogen and oxygen atoms in total. The molecule has 8 saturated heterocycles. The molecule has 4 bridgehead atoms. The van der Waals surface area contributed by atoms with Crippen molar-refractivity contribution in [3.8, 4) is 0 Å². The number of likely N-dealkylation sites (N-methyl/N-ethyl adjacent to an activating group) is 2. The lowest BCUT2D eigenvalue weighted by Gasteiger charge is -2.58. The molecule has 0 aliphatic carbocycles. The standard InChI is InChI=1S/C76H96N10O24S6/c1-69(2,3)109-65(93)79-35-41-103-45-43-101-39-33-77-57(87)31-19-21-37-105-67(95)107-49-75-63(91)83-59-71(47-73(83,111-113-75)61(89)81(75)7,53-27-15-17-29-55(53)85(59)115(97,98)51-23-11-9-12-24-51)72-48-74-62(90)82(8)76(114-112-74,64(92)84(74)60(72)86(56-30-18-16-28-54(56)72)116(99,100)52-25-13-10-14-26-52)50-108-68(96)106-38-22-20-32-58(88)78-34-40-102-44-46-104-42-36-80-66(94)110-70(4,5)6/h9-18,23-30,59-60H,19-22,31-50H2,1-8H3,(H,77,87)(H,78,88)(H,79,93)(H,80,94)/t59-,60-,71-,72-,73-,74-,75-,76-/m0/s1. The molecular formula is C76H96N10O24S6. The molecule has 116 heavy (non-hydrogen) atoms. The van der Waals surface area contributed by atoms with E-state index in [9.17, 15) is 28.8 Å². The number of hydrogen-bond acceptors (Lipinski definition) is 28. The summed E-state index contributed by atoms with van der Waals surface area (Å²) < 4.78 is 123. The number of rotatable bonds is 37. The number of amides is 8. The first-order valence-corrected chi connectivity index (χ1v) is 45.1. The van der Waals surface area contributed by atoms with E-state index < -0.39 is 148 Å². The number of hydrogen-bond donors (Lipinski definition) is 4. The van der Waals surface area contributed by atoms with E-state index in [1.807, 2.05) is 0 Å². The van der Waals surface area contributed by atoms with Crippen LogP contribution in [-0.4, -0.2) is 259 Å². The molecule has 10 aliphatic heterocycles. The number of nitrogens with zero attached hydrogens (tertiary/aromatic N) is 6. The van der Waals surface area contributed by atoms with Gasteiger partial charge < -0.3 is 78.4 Å². The van der Waals surface area contributed by atoms with Crippen LogP contribution in [0.5, 0.6) is 0 Å². The maximum atomic E-state index is 16.7. The predicted molar refractivity (Wildman–Crippen MR) is 426 cm³/mol. The summed E-state index contributed by atoms with van der Waals surface area (Å²) in [5.41, 5.74) is -4.92. The molecule has 10 heterocycles. The van der Waals surface area contributed by atoms with Crippen molar-refractivity contribution in [1.82, 2.24) is 40.9 Å². The third-order valence-corrected chi connectivity index (χ3v) is 31.7. The SMILES string of the molecule is CN1C(=O)[C@@]23C[C@]4([C@]56C[C@@]78SS[C@@](COC(=O)OCCCCC(=O)NCCOCCOCCNC(=O)OC(C)(C)C)(C(=O)N7[C@H]5N(S(=O)(=O)c5ccccc5)c5ccccc56)N(C)C8=O)c5ccccc5N(S(=O)(=O)c5ccccc5)[C@@H]4N2C(=O)[C@]1(COC(=O)OCCCCC(=O)NCCOCCOCCNC(=O)OC(C)(C)C)SS3. The number of anilines is 2. The zero-order valence-electron chi connectivity index (χ0n) is 65.4. The van der Waals surface area contributed by atoms with Gasteiger partial charge in [0.25, 0.3) is 43.7 Å². The van der Waals surface area contributed by atoms with E-state index in [1.165, 1.54) is 72.4 Å². The van der Waals surface area contributed by atoms with Gasteiger partial charge in [0.2, 0.25) is 21.6 Å². The Labute approximate surface area is 688 Å². The molecule has 0 radical (unpaired) electrons. The van der Waals surface area contributed by atoms with E-state index in [4.69, 9.17) is 47.4 Å². The number of fused-ring (bicyclic) bond motifs is 11. The monoisotopic (exact) mass is 1720 g/mol. The number of carbonyl (C=O) groups excluding carboxylic acids is 10. The lowest BCUT2D eigenvalue weighted by molar-refractivity contribution is -0.167. The van der Waals surface area contributed by atoms with Crippen molar-refractivity contribution < 1.29 is 112 Å². The molecule has 4 aromatic rings. The second-order valence-corrected chi connectivity index (χ2v) is 39.5. The quantitative estimate of drug-likeness (QED) is 0.0154. The van der Waals surface area contributed by atoms with Crippen LogP contribution in [0.15, 0.2) is 119 Å². The summed E-state index contributed by atoms with van der Waals surface area (Å²) in [6.45, 7) is 11.3. The fourth-order valence-electron chi connectivity index (χ4n) is 15.9. The van der Waals surface area contributed by atoms with Crippen molar-refractivity contribution >= 4 is 135 Å². The summed E-state index contributed by atoms with van der Waals surface area (Å²) in [6, 6.07) is 27.7. The number of sulfonamides is 2. The summed E-state index contributed by atoms with van der Waals surface area (Å²) in [5.74, 6) is -3.78. The molecule has 0 aromatic heterocycles. The molecule has 0 saturated carbocycles. The Hall–Kier alpha value is -8.48. The average molecular weight is 1730 g/mol. The molecule has 630 valence electrons. The van der Waals surface area contributed by atoms with Gasteiger partial charge in [-0.2, -0.15) is 0 Å². The Morgan fingerprint density at radius 1 is 0.422 bits per heavy atom. The Kier molecular flexibility index (Phi) is 26.4. The summed E-state index contributed by atoms with van der Waals surface area (Å²) in [7, 11) is -3.48. The Balaban J connectivity index is 0.770. The molecule has 14 rings (SSSR count). The van der Waals surface area contributed by atoms with Crippen LogP contribution in [0.2, 0.25) is 0 Å². The first-order chi connectivity index (χ1) is 55.2. The zero-order valence-corrected chi connectivity index (χ0v) is 70.3. The van der Waals surface area contributed by atoms with Crippen LogP contribution in [0.1, 0.15) is 104 Å². The van der Waals surface area contributed by atoms with Gasteiger partial charge in [0.15, 0.2) is 9.74 Å². The van der Waals surface area contributed by atoms with E-state index in [0.29, 0.717) is 12.8 Å². The average Bonchev–Trinajstić information content (AvgIpc) is 1.44. The molecule has 40 heteroatoms. The molecule has 2 spiro atoms. The normalized spacial score (nSPS) is 24.7. The highest BCUT2D eigenvalue weighted by molar-refractivity contribution is 8.78. The Bertz CT molecular complexity index is 4320. The minimum absolute atomic E-state index is 0.0282. The fourth-order valence-corrected chi connectivity index (χ4v) is 26.6. The second-order valence-electron chi connectivity index (χ2n) is 30.6. The molecule has 8 atom stereocenters. The van der Waals surface area contributed by atoms with Crippen LogP contribution in [0.3, 0.4) is 0 Å². The first-order valence-electron chi connectivity index (χ1n) is 37.9. The molecule has 0 unspecified atom stereocenters. The fraction of sp³-hybridized carbons (Fsp3) is 0.553. The Morgan fingerprint density at radius 3 is 1.11 bits per heavy atom. The number of nitrogens with one attached hydrogen (secondary N) is 4. The Morgan fingerprint density at radius 2 is 0.759 bits per heavy atom. The summed E-state index contributed by atoms with van der Waals surface area (Å²) in [6.07, 6.45) is -7.08. The summed E-state index contributed by atoms with van der Waals surface area (Å²) in [5, 5.41) is 10.7. The second kappa shape index (κ2) is 35.2. The first kappa shape index (κ1) is 86.8. The zero-order chi connectivity index (χ0) is 83.3. The van der Waals surface area contributed by atoms with E-state index in [0.717, 1.165) is 61.6 Å². The number of piperazine rings is 2. The molecule has 10 aliphatic rings. The number of alkyl carbamates (subject to hydrolysis) is 2. The summed E-state index contributed by atoms with van der Waals surface area (Å²) >= 11 is 0. The van der Waals surface area contributed by atoms with Crippen LogP contribution >= 0.6 is 43.2 Å². The predicted octanol–water partition coefficient (Wildman–Crippen LogP) is 6.91. The lowest BCUT2D eigenvalue weighted by Crippen LogP contribution is -2.78. The largest absolute Gasteiger partial charge is 0.508 e. The molecule has 4 N–H and O–H groups in total. The van der Waals surface area contributed by atoms with Gasteiger partial charge in [-0.25, -0.2) is 44.6 Å². The maximum Gasteiger partial charge on any atom is 0.508 e. The van der Waals surface area contributed by atoms with Crippen molar-refractivity contribution in [3.05, 3.63) is 120 Å². The van der Waals surface area contributed by atoms with E-state index in [2.05, 4.69) is 21.3 Å². The molecular weight excluding hydrogens is 1630 g/mol. The number of carbonyl (C=O) groups is 10. The van der Waals surface area contributed by atoms with Gasteiger partial charge >= 0.3 is 24.5 Å². The lowest BCUT2D eigenvalue weighted by atomic mass is 9.54. The van der Waals surface area contributed by atoms with Crippen LogP contribution in [-0.2, 0) is 107 Å². The van der Waals surface area contributed by atoms with Gasteiger partial charge in [-0.15, -0.1) is 0 Å². The van der Waals surface area contributed by atoms with Crippen LogP contribution in [0.4, 0.5) is 30.6 Å². The van der Waals surface area contributed by atoms with Crippen LogP contribution in [0.25, 0.3) is 0 Å². The van der Waals surface area contributed by atoms with Crippen LogP contribution in [0, 0.1) is 0 Å². The topological polar surface area (TPSA) is 399 Å². The van der Waals surface area contributed by atoms with Crippen molar-refractivity contribution in [2.45, 2.75) is 157 Å². The molecule has 8 amide bonds. The van der Waals surface area contributed by atoms with Crippen molar-refractivity contribution in [3.63, 3.8) is 0 Å². The molecule has 4 aromatic carbocycles. The van der Waals surface area contributed by atoms with Crippen molar-refractivity contribution in [2.75, 3.05) is 128 Å². The smallest absolute Gasteiger partial charge is 0.444 e. The number of unbranched alkanes of at least 4 members (excludes halogenated alkanes) is 2. The van der Waals surface area contributed by atoms with Crippen molar-refractivity contribution in [2.24, 2.45) is 0 Å². The number of ether oxygens (including phenoxy) is 10. The van der Waals surface area contributed by atoms with E-state index in [-0.39, 0.29) is 162 Å².